The van der Waals surface area contributed by atoms with E-state index in [0.29, 0.717) is 24.4 Å². The number of aryl methyl sites for hydroxylation is 1. The molecule has 4 aromatic rings. The molecule has 0 bridgehead atoms. The summed E-state index contributed by atoms with van der Waals surface area (Å²) in [6.45, 7) is 0.918. The maximum absolute atomic E-state index is 12.5. The lowest BCUT2D eigenvalue weighted by atomic mass is 10.2. The molecule has 0 saturated heterocycles. The molecule has 4 rings (SSSR count). The highest BCUT2D eigenvalue weighted by Crippen LogP contribution is 2.17. The van der Waals surface area contributed by atoms with E-state index in [4.69, 9.17) is 4.74 Å². The topological polar surface area (TPSA) is 61.9 Å². The second kappa shape index (κ2) is 6.84. The first kappa shape index (κ1) is 16.1. The molecule has 130 valence electrons. The Balaban J connectivity index is 1.58. The number of imidazole rings is 1. The van der Waals surface area contributed by atoms with Crippen molar-refractivity contribution in [3.05, 3.63) is 88.6 Å². The lowest BCUT2D eigenvalue weighted by Gasteiger charge is -2.09. The summed E-state index contributed by atoms with van der Waals surface area (Å²) >= 11 is 0. The molecule has 0 aliphatic heterocycles. The number of hydrogen-bond acceptors (Lipinski definition) is 4. The minimum absolute atomic E-state index is 0.137. The zero-order chi connectivity index (χ0) is 17.9. The third-order valence-corrected chi connectivity index (χ3v) is 4.24. The van der Waals surface area contributed by atoms with Gasteiger partial charge in [-0.1, -0.05) is 42.5 Å². The van der Waals surface area contributed by atoms with Crippen molar-refractivity contribution in [3.63, 3.8) is 0 Å². The number of aromatic nitrogens is 4. The van der Waals surface area contributed by atoms with Crippen LogP contribution in [-0.4, -0.2) is 19.1 Å². The van der Waals surface area contributed by atoms with Crippen molar-refractivity contribution in [2.24, 2.45) is 7.05 Å². The van der Waals surface area contributed by atoms with Gasteiger partial charge < -0.3 is 4.74 Å². The van der Waals surface area contributed by atoms with Crippen molar-refractivity contribution in [1.82, 2.24) is 19.1 Å². The second-order valence-corrected chi connectivity index (χ2v) is 6.05. The van der Waals surface area contributed by atoms with Gasteiger partial charge in [-0.15, -0.1) is 0 Å². The van der Waals surface area contributed by atoms with Crippen molar-refractivity contribution in [2.75, 3.05) is 0 Å². The number of rotatable bonds is 5. The molecule has 0 aliphatic carbocycles. The van der Waals surface area contributed by atoms with Crippen molar-refractivity contribution < 1.29 is 4.74 Å². The number of nitrogens with zero attached hydrogens (tertiary/aromatic N) is 4. The highest BCUT2D eigenvalue weighted by Gasteiger charge is 2.13. The predicted molar refractivity (Wildman–Crippen MR) is 99.1 cm³/mol. The molecule has 0 unspecified atom stereocenters. The smallest absolute Gasteiger partial charge is 0.331 e. The van der Waals surface area contributed by atoms with Crippen LogP contribution < -0.4 is 10.4 Å². The van der Waals surface area contributed by atoms with Gasteiger partial charge in [-0.25, -0.2) is 14.8 Å². The van der Waals surface area contributed by atoms with Gasteiger partial charge in [0.15, 0.2) is 11.3 Å². The summed E-state index contributed by atoms with van der Waals surface area (Å²) in [5.41, 5.74) is 3.10. The number of ether oxygens (including phenoxy) is 1. The molecule has 6 heteroatoms. The Morgan fingerprint density at radius 1 is 0.923 bits per heavy atom. The van der Waals surface area contributed by atoms with Gasteiger partial charge in [-0.05, 0) is 23.3 Å². The molecule has 2 aromatic heterocycles. The first-order valence-corrected chi connectivity index (χ1v) is 8.34. The van der Waals surface area contributed by atoms with E-state index in [1.54, 1.807) is 24.0 Å². The van der Waals surface area contributed by atoms with Crippen LogP contribution in [0.3, 0.4) is 0 Å². The van der Waals surface area contributed by atoms with Crippen LogP contribution in [0.4, 0.5) is 0 Å². The molecule has 0 amide bonds. The molecule has 0 aliphatic rings. The molecule has 0 radical (unpaired) electrons. The lowest BCUT2D eigenvalue weighted by Crippen LogP contribution is -2.22. The fraction of sp³-hybridized carbons (Fsp3) is 0.150. The Kier molecular flexibility index (Phi) is 4.23. The van der Waals surface area contributed by atoms with Gasteiger partial charge in [-0.3, -0.25) is 9.13 Å². The molecule has 0 spiro atoms. The molecule has 0 saturated carbocycles. The van der Waals surface area contributed by atoms with Crippen molar-refractivity contribution in [3.8, 4) is 5.75 Å². The van der Waals surface area contributed by atoms with Crippen LogP contribution in [0.15, 0.2) is 71.8 Å². The van der Waals surface area contributed by atoms with Crippen LogP contribution in [0.25, 0.3) is 11.3 Å². The fourth-order valence-corrected chi connectivity index (χ4v) is 2.91. The van der Waals surface area contributed by atoms with E-state index >= 15 is 0 Å². The molecular formula is C20H18N4O2. The average Bonchev–Trinajstić information content (AvgIpc) is 2.93. The molecule has 0 atom stereocenters. The van der Waals surface area contributed by atoms with Crippen LogP contribution in [-0.2, 0) is 20.2 Å². The van der Waals surface area contributed by atoms with Gasteiger partial charge in [0, 0.05) is 19.4 Å². The summed E-state index contributed by atoms with van der Waals surface area (Å²) in [7, 11) is 1.70. The molecule has 0 fully saturated rings. The van der Waals surface area contributed by atoms with Gasteiger partial charge in [0.1, 0.15) is 12.4 Å². The highest BCUT2D eigenvalue weighted by molar-refractivity contribution is 5.65. The maximum Gasteiger partial charge on any atom is 0.331 e. The molecule has 2 aromatic carbocycles. The summed E-state index contributed by atoms with van der Waals surface area (Å²) in [6, 6.07) is 17.8. The Morgan fingerprint density at radius 2 is 1.65 bits per heavy atom. The summed E-state index contributed by atoms with van der Waals surface area (Å²) < 4.78 is 9.01. The van der Waals surface area contributed by atoms with Crippen LogP contribution in [0, 0.1) is 0 Å². The quantitative estimate of drug-likeness (QED) is 0.557. The number of fused-ring (bicyclic) bond motifs is 1. The third-order valence-electron chi connectivity index (χ3n) is 4.24. The summed E-state index contributed by atoms with van der Waals surface area (Å²) in [5, 5.41) is 0. The minimum atomic E-state index is -0.137. The Morgan fingerprint density at radius 3 is 2.46 bits per heavy atom. The van der Waals surface area contributed by atoms with Gasteiger partial charge in [0.25, 0.3) is 0 Å². The van der Waals surface area contributed by atoms with Gasteiger partial charge >= 0.3 is 5.69 Å². The summed E-state index contributed by atoms with van der Waals surface area (Å²) in [5.74, 6) is 0.769. The molecular weight excluding hydrogens is 328 g/mol. The van der Waals surface area contributed by atoms with E-state index in [9.17, 15) is 4.79 Å². The first-order chi connectivity index (χ1) is 12.7. The fourth-order valence-electron chi connectivity index (χ4n) is 2.91. The van der Waals surface area contributed by atoms with Crippen LogP contribution in [0.1, 0.15) is 11.1 Å². The van der Waals surface area contributed by atoms with Crippen LogP contribution in [0.2, 0.25) is 0 Å². The first-order valence-electron chi connectivity index (χ1n) is 8.34. The Labute approximate surface area is 150 Å². The zero-order valence-corrected chi connectivity index (χ0v) is 14.4. The monoisotopic (exact) mass is 346 g/mol. The van der Waals surface area contributed by atoms with E-state index in [2.05, 4.69) is 9.97 Å². The van der Waals surface area contributed by atoms with Crippen molar-refractivity contribution in [2.45, 2.75) is 13.2 Å². The summed E-state index contributed by atoms with van der Waals surface area (Å²) in [6.07, 6.45) is 3.18. The Bertz CT molecular complexity index is 1100. The van der Waals surface area contributed by atoms with Gasteiger partial charge in [0.05, 0.1) is 6.54 Å². The van der Waals surface area contributed by atoms with E-state index in [1.165, 1.54) is 4.57 Å². The zero-order valence-electron chi connectivity index (χ0n) is 14.4. The molecule has 2 heterocycles. The molecule has 0 N–H and O–H groups in total. The molecule has 26 heavy (non-hydrogen) atoms. The highest BCUT2D eigenvalue weighted by atomic mass is 16.5. The predicted octanol–water partition coefficient (Wildman–Crippen LogP) is 2.76. The SMILES string of the molecule is Cn1c(=O)n(Cc2cccc(OCc3ccccc3)c2)c2nccnc21. The summed E-state index contributed by atoms with van der Waals surface area (Å²) in [4.78, 5) is 21.0. The van der Waals surface area contributed by atoms with E-state index in [-0.39, 0.29) is 5.69 Å². The third kappa shape index (κ3) is 3.09. The maximum atomic E-state index is 12.5. The van der Waals surface area contributed by atoms with E-state index < -0.39 is 0 Å². The van der Waals surface area contributed by atoms with Crippen molar-refractivity contribution in [1.29, 1.82) is 0 Å². The van der Waals surface area contributed by atoms with E-state index in [1.807, 2.05) is 54.6 Å². The second-order valence-electron chi connectivity index (χ2n) is 6.05. The molecule has 6 nitrogen and oxygen atoms in total. The number of hydrogen-bond donors (Lipinski definition) is 0. The van der Waals surface area contributed by atoms with Crippen LogP contribution in [0.5, 0.6) is 5.75 Å². The normalized spacial score (nSPS) is 11.0. The lowest BCUT2D eigenvalue weighted by molar-refractivity contribution is 0.306. The number of benzene rings is 2. The standard InChI is InChI=1S/C20H18N4O2/c1-23-18-19(22-11-10-21-18)24(20(23)25)13-16-8-5-9-17(12-16)26-14-15-6-3-2-4-7-15/h2-12H,13-14H2,1H3. The van der Waals surface area contributed by atoms with Crippen molar-refractivity contribution >= 4 is 11.3 Å². The Hall–Kier alpha value is -3.41. The van der Waals surface area contributed by atoms with Crippen LogP contribution >= 0.6 is 0 Å². The van der Waals surface area contributed by atoms with Gasteiger partial charge in [0.2, 0.25) is 0 Å². The van der Waals surface area contributed by atoms with Gasteiger partial charge in [-0.2, -0.15) is 0 Å². The largest absolute Gasteiger partial charge is 0.489 e. The minimum Gasteiger partial charge on any atom is -0.489 e. The average molecular weight is 346 g/mol. The van der Waals surface area contributed by atoms with E-state index in [0.717, 1.165) is 16.9 Å².